The van der Waals surface area contributed by atoms with E-state index in [0.29, 0.717) is 19.4 Å². The molecular formula is C21H28N2O2. The molecule has 4 heteroatoms. The van der Waals surface area contributed by atoms with Crippen molar-refractivity contribution in [2.75, 3.05) is 13.7 Å². The largest absolute Gasteiger partial charge is 0.497 e. The molecular weight excluding hydrogens is 312 g/mol. The van der Waals surface area contributed by atoms with Crippen molar-refractivity contribution in [3.8, 4) is 11.8 Å². The third-order valence-corrected chi connectivity index (χ3v) is 6.21. The van der Waals surface area contributed by atoms with Crippen molar-refractivity contribution in [2.24, 2.45) is 5.41 Å². The number of carbonyl (C=O) groups is 1. The van der Waals surface area contributed by atoms with Crippen LogP contribution in [0.5, 0.6) is 5.75 Å². The molecule has 2 aliphatic carbocycles. The van der Waals surface area contributed by atoms with Crippen LogP contribution in [0.4, 0.5) is 0 Å². The van der Waals surface area contributed by atoms with Crippen molar-refractivity contribution in [2.45, 2.75) is 63.2 Å². The average Bonchev–Trinajstić information content (AvgIpc) is 3.17. The molecule has 0 spiro atoms. The van der Waals surface area contributed by atoms with E-state index in [0.717, 1.165) is 31.4 Å². The zero-order valence-corrected chi connectivity index (χ0v) is 15.1. The van der Waals surface area contributed by atoms with Gasteiger partial charge < -0.3 is 10.1 Å². The Morgan fingerprint density at radius 3 is 2.24 bits per heavy atom. The molecule has 0 unspecified atom stereocenters. The van der Waals surface area contributed by atoms with Crippen LogP contribution >= 0.6 is 0 Å². The topological polar surface area (TPSA) is 62.1 Å². The minimum atomic E-state index is -0.796. The lowest BCUT2D eigenvalue weighted by atomic mass is 9.69. The molecule has 3 rings (SSSR count). The summed E-state index contributed by atoms with van der Waals surface area (Å²) in [5.74, 6) is 0.791. The molecule has 25 heavy (non-hydrogen) atoms. The molecule has 2 fully saturated rings. The first kappa shape index (κ1) is 17.8. The second-order valence-electron chi connectivity index (χ2n) is 7.65. The molecule has 4 nitrogen and oxygen atoms in total. The summed E-state index contributed by atoms with van der Waals surface area (Å²) in [7, 11) is 1.68. The minimum absolute atomic E-state index is 0.0184. The quantitative estimate of drug-likeness (QED) is 0.878. The smallest absolute Gasteiger partial charge is 0.240 e. The van der Waals surface area contributed by atoms with Gasteiger partial charge in [0.15, 0.2) is 0 Å². The van der Waals surface area contributed by atoms with E-state index in [-0.39, 0.29) is 11.3 Å². The van der Waals surface area contributed by atoms with Gasteiger partial charge in [-0.15, -0.1) is 0 Å². The van der Waals surface area contributed by atoms with Crippen molar-refractivity contribution < 1.29 is 9.53 Å². The molecule has 0 atom stereocenters. The Hall–Kier alpha value is -2.02. The summed E-state index contributed by atoms with van der Waals surface area (Å²) >= 11 is 0. The van der Waals surface area contributed by atoms with Gasteiger partial charge in [-0.05, 0) is 43.4 Å². The lowest BCUT2D eigenvalue weighted by molar-refractivity contribution is -0.128. The van der Waals surface area contributed by atoms with E-state index >= 15 is 0 Å². The Morgan fingerprint density at radius 2 is 1.68 bits per heavy atom. The van der Waals surface area contributed by atoms with Crippen LogP contribution in [0.3, 0.4) is 0 Å². The Labute approximate surface area is 150 Å². The summed E-state index contributed by atoms with van der Waals surface area (Å²) in [6.07, 6.45) is 9.15. The minimum Gasteiger partial charge on any atom is -0.497 e. The molecule has 2 aliphatic rings. The lowest BCUT2D eigenvalue weighted by Gasteiger charge is -2.38. The molecule has 0 aliphatic heterocycles. The zero-order chi connectivity index (χ0) is 17.8. The van der Waals surface area contributed by atoms with Crippen LogP contribution in [-0.2, 0) is 10.2 Å². The van der Waals surface area contributed by atoms with E-state index in [2.05, 4.69) is 23.5 Å². The Kier molecular flexibility index (Phi) is 5.32. The first-order chi connectivity index (χ1) is 12.1. The molecule has 0 heterocycles. The van der Waals surface area contributed by atoms with Gasteiger partial charge in [-0.2, -0.15) is 5.26 Å². The fraction of sp³-hybridized carbons (Fsp3) is 0.619. The van der Waals surface area contributed by atoms with Crippen LogP contribution in [0.1, 0.15) is 63.4 Å². The number of nitriles is 1. The van der Waals surface area contributed by atoms with Gasteiger partial charge in [0.1, 0.15) is 11.2 Å². The second-order valence-corrected chi connectivity index (χ2v) is 7.65. The highest BCUT2D eigenvalue weighted by Gasteiger charge is 2.43. The van der Waals surface area contributed by atoms with E-state index in [4.69, 9.17) is 4.74 Å². The summed E-state index contributed by atoms with van der Waals surface area (Å²) in [4.78, 5) is 12.8. The first-order valence-electron chi connectivity index (χ1n) is 9.48. The first-order valence-corrected chi connectivity index (χ1v) is 9.48. The van der Waals surface area contributed by atoms with E-state index in [1.54, 1.807) is 7.11 Å². The molecule has 0 bridgehead atoms. The SMILES string of the molecule is COc1ccc(C2(CNC(=O)C3(C#N)CCCC3)CCCCC2)cc1. The Bertz CT molecular complexity index is 633. The van der Waals surface area contributed by atoms with Gasteiger partial charge in [-0.25, -0.2) is 0 Å². The lowest BCUT2D eigenvalue weighted by Crippen LogP contribution is -2.46. The van der Waals surface area contributed by atoms with E-state index < -0.39 is 5.41 Å². The monoisotopic (exact) mass is 340 g/mol. The normalized spacial score (nSPS) is 21.3. The average molecular weight is 340 g/mol. The van der Waals surface area contributed by atoms with Crippen LogP contribution < -0.4 is 10.1 Å². The van der Waals surface area contributed by atoms with Gasteiger partial charge in [-0.3, -0.25) is 4.79 Å². The van der Waals surface area contributed by atoms with Gasteiger partial charge in [0.2, 0.25) is 5.91 Å². The molecule has 1 aromatic carbocycles. The van der Waals surface area contributed by atoms with Crippen molar-refractivity contribution in [3.05, 3.63) is 29.8 Å². The predicted octanol–water partition coefficient (Wildman–Crippen LogP) is 4.10. The summed E-state index contributed by atoms with van der Waals surface area (Å²) < 4.78 is 5.28. The molecule has 134 valence electrons. The van der Waals surface area contributed by atoms with Crippen molar-refractivity contribution in [1.29, 1.82) is 5.26 Å². The summed E-state index contributed by atoms with van der Waals surface area (Å²) in [5, 5.41) is 12.7. The number of rotatable bonds is 5. The molecule has 1 N–H and O–H groups in total. The summed E-state index contributed by atoms with van der Waals surface area (Å²) in [6, 6.07) is 10.6. The van der Waals surface area contributed by atoms with Gasteiger partial charge in [-0.1, -0.05) is 44.2 Å². The van der Waals surface area contributed by atoms with Crippen LogP contribution in [0.25, 0.3) is 0 Å². The number of amides is 1. The van der Waals surface area contributed by atoms with Gasteiger partial charge in [0, 0.05) is 12.0 Å². The Morgan fingerprint density at radius 1 is 1.08 bits per heavy atom. The Balaban J connectivity index is 1.77. The van der Waals surface area contributed by atoms with Gasteiger partial charge >= 0.3 is 0 Å². The highest BCUT2D eigenvalue weighted by Crippen LogP contribution is 2.41. The van der Waals surface area contributed by atoms with Crippen molar-refractivity contribution in [3.63, 3.8) is 0 Å². The fourth-order valence-electron chi connectivity index (χ4n) is 4.53. The number of benzene rings is 1. The number of nitrogens with one attached hydrogen (secondary N) is 1. The van der Waals surface area contributed by atoms with Crippen LogP contribution in [0, 0.1) is 16.7 Å². The van der Waals surface area contributed by atoms with Gasteiger partial charge in [0.05, 0.1) is 13.2 Å². The predicted molar refractivity (Wildman–Crippen MR) is 97.3 cm³/mol. The van der Waals surface area contributed by atoms with Crippen molar-refractivity contribution >= 4 is 5.91 Å². The van der Waals surface area contributed by atoms with Crippen LogP contribution in [0.15, 0.2) is 24.3 Å². The maximum atomic E-state index is 12.8. The number of hydrogen-bond acceptors (Lipinski definition) is 3. The number of methoxy groups -OCH3 is 1. The third-order valence-electron chi connectivity index (χ3n) is 6.21. The third kappa shape index (κ3) is 3.51. The maximum absolute atomic E-state index is 12.8. The molecule has 1 aromatic rings. The van der Waals surface area contributed by atoms with Crippen LogP contribution in [0.2, 0.25) is 0 Å². The summed E-state index contributed by atoms with van der Waals surface area (Å²) in [6.45, 7) is 0.627. The second kappa shape index (κ2) is 7.47. The molecule has 1 amide bonds. The molecule has 0 aromatic heterocycles. The van der Waals surface area contributed by atoms with E-state index in [1.807, 2.05) is 12.1 Å². The number of carbonyl (C=O) groups excluding carboxylic acids is 1. The fourth-order valence-corrected chi connectivity index (χ4v) is 4.53. The molecule has 2 saturated carbocycles. The number of hydrogen-bond donors (Lipinski definition) is 1. The van der Waals surface area contributed by atoms with Crippen LogP contribution in [-0.4, -0.2) is 19.6 Å². The number of ether oxygens (including phenoxy) is 1. The van der Waals surface area contributed by atoms with Gasteiger partial charge in [0.25, 0.3) is 0 Å². The van der Waals surface area contributed by atoms with E-state index in [1.165, 1.54) is 24.8 Å². The van der Waals surface area contributed by atoms with Crippen molar-refractivity contribution in [1.82, 2.24) is 5.32 Å². The highest BCUT2D eigenvalue weighted by atomic mass is 16.5. The highest BCUT2D eigenvalue weighted by molar-refractivity contribution is 5.85. The summed E-state index contributed by atoms with van der Waals surface area (Å²) in [5.41, 5.74) is 0.455. The number of nitrogens with zero attached hydrogens (tertiary/aromatic N) is 1. The molecule has 0 radical (unpaired) electrons. The zero-order valence-electron chi connectivity index (χ0n) is 15.1. The maximum Gasteiger partial charge on any atom is 0.240 e. The van der Waals surface area contributed by atoms with E-state index in [9.17, 15) is 10.1 Å². The molecule has 0 saturated heterocycles. The standard InChI is InChI=1S/C21H28N2O2/c1-25-18-9-7-17(8-10-18)21(13-3-2-4-14-21)16-23-19(24)20(15-22)11-5-6-12-20/h7-10H,2-6,11-14,16H2,1H3,(H,23,24).